The molecule has 1 fully saturated rings. The number of aryl methyl sites for hydroxylation is 1. The quantitative estimate of drug-likeness (QED) is 0.570. The molecular weight excluding hydrogens is 359 g/mol. The van der Waals surface area contributed by atoms with Crippen LogP contribution in [0.2, 0.25) is 0 Å². The molecule has 0 saturated carbocycles. The van der Waals surface area contributed by atoms with Crippen LogP contribution in [0.3, 0.4) is 0 Å². The minimum absolute atomic E-state index is 0.198. The number of anilines is 2. The fourth-order valence-corrected chi connectivity index (χ4v) is 3.59. The summed E-state index contributed by atoms with van der Waals surface area (Å²) in [4.78, 5) is 6.93. The molecule has 4 nitrogen and oxygen atoms in total. The molecule has 144 valence electrons. The summed E-state index contributed by atoms with van der Waals surface area (Å²) in [6, 6.07) is 10.7. The first-order chi connectivity index (χ1) is 13.1. The third kappa shape index (κ3) is 6.17. The van der Waals surface area contributed by atoms with E-state index in [9.17, 15) is 4.39 Å². The lowest BCUT2D eigenvalue weighted by Gasteiger charge is -2.31. The molecule has 1 aromatic carbocycles. The summed E-state index contributed by atoms with van der Waals surface area (Å²) in [6.07, 6.45) is 6.19. The number of benzene rings is 1. The Labute approximate surface area is 166 Å². The Balaban J connectivity index is 1.39. The molecule has 1 aliphatic rings. The molecule has 0 amide bonds. The van der Waals surface area contributed by atoms with Gasteiger partial charge in [0.05, 0.1) is 11.9 Å². The van der Waals surface area contributed by atoms with Crippen molar-refractivity contribution < 1.29 is 4.39 Å². The molecule has 1 atom stereocenters. The van der Waals surface area contributed by atoms with Crippen LogP contribution in [-0.4, -0.2) is 29.7 Å². The van der Waals surface area contributed by atoms with Gasteiger partial charge in [0.25, 0.3) is 0 Å². The van der Waals surface area contributed by atoms with Crippen LogP contribution in [0, 0.1) is 11.7 Å². The van der Waals surface area contributed by atoms with Crippen LogP contribution < -0.4 is 15.5 Å². The van der Waals surface area contributed by atoms with Crippen molar-refractivity contribution in [3.05, 3.63) is 54.0 Å². The number of hydrogen-bond donors (Lipinski definition) is 2. The molecule has 2 N–H and O–H groups in total. The minimum atomic E-state index is -0.198. The van der Waals surface area contributed by atoms with E-state index >= 15 is 0 Å². The lowest BCUT2D eigenvalue weighted by atomic mass is 10.0. The molecule has 0 bridgehead atoms. The molecule has 0 spiro atoms. The summed E-state index contributed by atoms with van der Waals surface area (Å²) < 4.78 is 12.9. The predicted octanol–water partition coefficient (Wildman–Crippen LogP) is 4.38. The molecule has 3 rings (SSSR count). The van der Waals surface area contributed by atoms with Gasteiger partial charge in [0.1, 0.15) is 11.6 Å². The highest BCUT2D eigenvalue weighted by atomic mass is 32.1. The molecule has 0 unspecified atom stereocenters. The summed E-state index contributed by atoms with van der Waals surface area (Å²) in [7, 11) is 0. The molecule has 1 aliphatic heterocycles. The van der Waals surface area contributed by atoms with Crippen molar-refractivity contribution in [2.75, 3.05) is 29.9 Å². The minimum Gasteiger partial charge on any atom is -0.362 e. The lowest BCUT2D eigenvalue weighted by Crippen LogP contribution is -2.34. The highest BCUT2D eigenvalue weighted by molar-refractivity contribution is 7.80. The van der Waals surface area contributed by atoms with Crippen LogP contribution >= 0.6 is 12.2 Å². The average Bonchev–Trinajstić information content (AvgIpc) is 2.67. The van der Waals surface area contributed by atoms with Crippen LogP contribution in [0.15, 0.2) is 42.6 Å². The Morgan fingerprint density at radius 2 is 2.07 bits per heavy atom. The van der Waals surface area contributed by atoms with E-state index in [-0.39, 0.29) is 5.82 Å². The van der Waals surface area contributed by atoms with Crippen LogP contribution in [0.5, 0.6) is 0 Å². The predicted molar refractivity (Wildman–Crippen MR) is 114 cm³/mol. The van der Waals surface area contributed by atoms with Gasteiger partial charge in [-0.25, -0.2) is 9.37 Å². The second-order valence-corrected chi connectivity index (χ2v) is 7.62. The summed E-state index contributed by atoms with van der Waals surface area (Å²) in [5, 5.41) is 6.97. The van der Waals surface area contributed by atoms with Crippen molar-refractivity contribution in [3.8, 4) is 0 Å². The Hall–Kier alpha value is -2.21. The smallest absolute Gasteiger partial charge is 0.170 e. The molecule has 1 saturated heterocycles. The number of thiocarbonyl (C=S) groups is 1. The van der Waals surface area contributed by atoms with Crippen molar-refractivity contribution in [2.24, 2.45) is 5.92 Å². The standard InChI is InChI=1S/C21H27FN4S/c1-16-4-3-13-26(15-16)20-11-10-19(14-24-20)25-21(27)23-12-2-5-17-6-8-18(22)9-7-17/h6-11,14,16H,2-5,12-13,15H2,1H3,(H2,23,25,27)/t16-/m1/s1. The molecule has 1 aromatic heterocycles. The Morgan fingerprint density at radius 1 is 1.26 bits per heavy atom. The van der Waals surface area contributed by atoms with E-state index in [0.717, 1.165) is 55.5 Å². The molecule has 6 heteroatoms. The maximum atomic E-state index is 12.9. The zero-order valence-electron chi connectivity index (χ0n) is 15.7. The number of hydrogen-bond acceptors (Lipinski definition) is 3. The van der Waals surface area contributed by atoms with Gasteiger partial charge in [0.2, 0.25) is 0 Å². The number of rotatable bonds is 6. The van der Waals surface area contributed by atoms with Crippen molar-refractivity contribution in [3.63, 3.8) is 0 Å². The maximum absolute atomic E-state index is 12.9. The summed E-state index contributed by atoms with van der Waals surface area (Å²) >= 11 is 5.35. The Kier molecular flexibility index (Phi) is 6.98. The largest absolute Gasteiger partial charge is 0.362 e. The van der Waals surface area contributed by atoms with Gasteiger partial charge in [-0.3, -0.25) is 0 Å². The lowest BCUT2D eigenvalue weighted by molar-refractivity contribution is 0.444. The molecule has 27 heavy (non-hydrogen) atoms. The van der Waals surface area contributed by atoms with Crippen LogP contribution in [-0.2, 0) is 6.42 Å². The number of halogens is 1. The van der Waals surface area contributed by atoms with Gasteiger partial charge in [0, 0.05) is 19.6 Å². The normalized spacial score (nSPS) is 16.8. The van der Waals surface area contributed by atoms with E-state index < -0.39 is 0 Å². The van der Waals surface area contributed by atoms with Gasteiger partial charge in [-0.1, -0.05) is 19.1 Å². The maximum Gasteiger partial charge on any atom is 0.170 e. The first-order valence-electron chi connectivity index (χ1n) is 9.60. The topological polar surface area (TPSA) is 40.2 Å². The number of aromatic nitrogens is 1. The first kappa shape index (κ1) is 19.5. The summed E-state index contributed by atoms with van der Waals surface area (Å²) in [5.74, 6) is 1.56. The number of nitrogens with one attached hydrogen (secondary N) is 2. The van der Waals surface area contributed by atoms with E-state index in [2.05, 4.69) is 33.5 Å². The molecule has 0 aliphatic carbocycles. The van der Waals surface area contributed by atoms with Gasteiger partial charge in [-0.2, -0.15) is 0 Å². The van der Waals surface area contributed by atoms with Crippen LogP contribution in [0.25, 0.3) is 0 Å². The molecule has 2 aromatic rings. The fourth-order valence-electron chi connectivity index (χ4n) is 3.37. The number of piperidine rings is 1. The van der Waals surface area contributed by atoms with Crippen LogP contribution in [0.4, 0.5) is 15.9 Å². The summed E-state index contributed by atoms with van der Waals surface area (Å²) in [6.45, 7) is 5.22. The van der Waals surface area contributed by atoms with Gasteiger partial charge in [-0.05, 0) is 73.6 Å². The molecular formula is C21H27FN4S. The number of pyridine rings is 1. The third-order valence-electron chi connectivity index (χ3n) is 4.83. The van der Waals surface area contributed by atoms with Crippen molar-refractivity contribution in [1.29, 1.82) is 0 Å². The van der Waals surface area contributed by atoms with Crippen molar-refractivity contribution >= 4 is 28.8 Å². The first-order valence-corrected chi connectivity index (χ1v) is 10.0. The SMILES string of the molecule is C[C@@H]1CCCN(c2ccc(NC(=S)NCCCc3ccc(F)cc3)cn2)C1. The third-order valence-corrected chi connectivity index (χ3v) is 5.07. The van der Waals surface area contributed by atoms with E-state index in [1.165, 1.54) is 25.0 Å². The van der Waals surface area contributed by atoms with E-state index in [0.29, 0.717) is 5.11 Å². The van der Waals surface area contributed by atoms with Crippen LogP contribution in [0.1, 0.15) is 31.7 Å². The van der Waals surface area contributed by atoms with E-state index in [1.807, 2.05) is 24.4 Å². The highest BCUT2D eigenvalue weighted by Gasteiger charge is 2.17. The highest BCUT2D eigenvalue weighted by Crippen LogP contribution is 2.22. The zero-order valence-corrected chi connectivity index (χ0v) is 16.6. The van der Waals surface area contributed by atoms with E-state index in [4.69, 9.17) is 12.2 Å². The summed E-state index contributed by atoms with van der Waals surface area (Å²) in [5.41, 5.74) is 2.02. The van der Waals surface area contributed by atoms with Crippen molar-refractivity contribution in [2.45, 2.75) is 32.6 Å². The Bertz CT molecular complexity index is 733. The van der Waals surface area contributed by atoms with Gasteiger partial charge in [0.15, 0.2) is 5.11 Å². The van der Waals surface area contributed by atoms with Crippen molar-refractivity contribution in [1.82, 2.24) is 10.3 Å². The second-order valence-electron chi connectivity index (χ2n) is 7.21. The molecule has 0 radical (unpaired) electrons. The zero-order chi connectivity index (χ0) is 19.1. The van der Waals surface area contributed by atoms with E-state index in [1.54, 1.807) is 0 Å². The van der Waals surface area contributed by atoms with Gasteiger partial charge in [-0.15, -0.1) is 0 Å². The number of nitrogens with zero attached hydrogens (tertiary/aromatic N) is 2. The monoisotopic (exact) mass is 386 g/mol. The van der Waals surface area contributed by atoms with Gasteiger partial charge >= 0.3 is 0 Å². The fraction of sp³-hybridized carbons (Fsp3) is 0.429. The Morgan fingerprint density at radius 3 is 2.78 bits per heavy atom. The second kappa shape index (κ2) is 9.65. The molecule has 2 heterocycles. The average molecular weight is 387 g/mol. The van der Waals surface area contributed by atoms with Gasteiger partial charge < -0.3 is 15.5 Å².